The van der Waals surface area contributed by atoms with Crippen molar-refractivity contribution in [1.82, 2.24) is 10.2 Å². The summed E-state index contributed by atoms with van der Waals surface area (Å²) >= 11 is 0. The molecule has 8 heteroatoms. The van der Waals surface area contributed by atoms with Gasteiger partial charge in [0.25, 0.3) is 0 Å². The van der Waals surface area contributed by atoms with E-state index in [0.717, 1.165) is 44.1 Å². The lowest BCUT2D eigenvalue weighted by Crippen LogP contribution is -2.53. The Labute approximate surface area is 190 Å². The zero-order valence-electron chi connectivity index (χ0n) is 18.7. The fourth-order valence-corrected chi connectivity index (χ4v) is 5.19. The van der Waals surface area contributed by atoms with Crippen molar-refractivity contribution in [3.8, 4) is 16.9 Å². The van der Waals surface area contributed by atoms with E-state index in [-0.39, 0.29) is 11.7 Å². The maximum absolute atomic E-state index is 14.3. The molecule has 5 nitrogen and oxygen atoms in total. The predicted octanol–water partition coefficient (Wildman–Crippen LogP) is 5.05. The summed E-state index contributed by atoms with van der Waals surface area (Å²) in [6.45, 7) is 7.18. The number of alkyl carbamates (subject to hydrolysis) is 1. The summed E-state index contributed by atoms with van der Waals surface area (Å²) in [7, 11) is 0. The number of carbonyl (C=O) groups excluding carboxylic acids is 1. The van der Waals surface area contributed by atoms with Crippen molar-refractivity contribution in [2.24, 2.45) is 11.3 Å². The molecule has 2 aromatic carbocycles. The van der Waals surface area contributed by atoms with Crippen LogP contribution in [0.15, 0.2) is 30.3 Å². The Hall–Kier alpha value is -2.74. The average molecular weight is 460 g/mol. The van der Waals surface area contributed by atoms with E-state index in [9.17, 15) is 18.0 Å². The summed E-state index contributed by atoms with van der Waals surface area (Å²) in [5.41, 5.74) is 0.606. The molecule has 4 aliphatic rings. The molecule has 4 aliphatic heterocycles. The Morgan fingerprint density at radius 2 is 1.88 bits per heavy atom. The summed E-state index contributed by atoms with van der Waals surface area (Å²) in [4.78, 5) is 15.2. The largest absolute Gasteiger partial charge is 0.493 e. The fraction of sp³-hybridized carbons (Fsp3) is 0.480. The molecule has 0 spiro atoms. The van der Waals surface area contributed by atoms with Gasteiger partial charge in [-0.2, -0.15) is 0 Å². The highest BCUT2D eigenvalue weighted by Crippen LogP contribution is 2.44. The minimum Gasteiger partial charge on any atom is -0.493 e. The van der Waals surface area contributed by atoms with Crippen LogP contribution in [0, 0.1) is 28.8 Å². The third kappa shape index (κ3) is 4.05. The summed E-state index contributed by atoms with van der Waals surface area (Å²) in [5.74, 6) is -3.13. The number of carbonyl (C=O) groups is 1. The molecule has 0 aliphatic carbocycles. The summed E-state index contributed by atoms with van der Waals surface area (Å²) in [5, 5.41) is 3.02. The Morgan fingerprint density at radius 3 is 2.58 bits per heavy atom. The first-order valence-corrected chi connectivity index (χ1v) is 11.3. The highest BCUT2D eigenvalue weighted by atomic mass is 19.2. The standard InChI is InChI=1S/C25H27F3N2O3/c1-25(2)13-32-19-11-15(16-5-6-18(26)22(28)21(16)27)3-4-17(19)23(25)29-24(31)33-20-12-30-9-7-14(20)8-10-30/h3-6,11,14,20,23H,7-10,12-13H2,1-2H3,(H,29,31)/t20-,23?/m1/s1. The SMILES string of the molecule is CC1(C)COc2cc(-c3ccc(F)c(F)c3F)ccc2C1NC(=O)O[C@@H]1CN2CCC1CC2. The molecule has 3 saturated heterocycles. The van der Waals surface area contributed by atoms with Crippen LogP contribution in [-0.4, -0.2) is 43.3 Å². The predicted molar refractivity (Wildman–Crippen MR) is 116 cm³/mol. The molecule has 1 unspecified atom stereocenters. The van der Waals surface area contributed by atoms with E-state index < -0.39 is 35.0 Å². The van der Waals surface area contributed by atoms with Crippen LogP contribution < -0.4 is 10.1 Å². The van der Waals surface area contributed by atoms with E-state index in [0.29, 0.717) is 23.8 Å². The van der Waals surface area contributed by atoms with Crippen LogP contribution in [0.5, 0.6) is 5.75 Å². The van der Waals surface area contributed by atoms with Crippen LogP contribution in [0.2, 0.25) is 0 Å². The lowest BCUT2D eigenvalue weighted by molar-refractivity contribution is -0.0361. The molecular weight excluding hydrogens is 433 g/mol. The van der Waals surface area contributed by atoms with Crippen LogP contribution in [0.3, 0.4) is 0 Å². The van der Waals surface area contributed by atoms with Gasteiger partial charge in [0.15, 0.2) is 17.5 Å². The Morgan fingerprint density at radius 1 is 1.12 bits per heavy atom. The third-order valence-corrected chi connectivity index (χ3v) is 7.17. The molecule has 3 fully saturated rings. The highest BCUT2D eigenvalue weighted by molar-refractivity contribution is 5.70. The number of fused-ring (bicyclic) bond motifs is 4. The molecule has 176 valence electrons. The molecule has 1 N–H and O–H groups in total. The van der Waals surface area contributed by atoms with Crippen LogP contribution in [0.1, 0.15) is 38.3 Å². The van der Waals surface area contributed by atoms with Gasteiger partial charge in [-0.3, -0.25) is 4.90 Å². The Bertz CT molecular complexity index is 1080. The molecule has 4 heterocycles. The second kappa shape index (κ2) is 8.24. The summed E-state index contributed by atoms with van der Waals surface area (Å²) in [6, 6.07) is 6.64. The van der Waals surface area contributed by atoms with Crippen molar-refractivity contribution in [2.45, 2.75) is 38.8 Å². The number of rotatable bonds is 3. The number of nitrogens with one attached hydrogen (secondary N) is 1. The number of piperidine rings is 3. The molecule has 0 saturated carbocycles. The normalized spacial score (nSPS) is 27.4. The average Bonchev–Trinajstić information content (AvgIpc) is 2.80. The van der Waals surface area contributed by atoms with Crippen molar-refractivity contribution in [2.75, 3.05) is 26.2 Å². The van der Waals surface area contributed by atoms with E-state index in [1.165, 1.54) is 6.07 Å². The molecule has 2 bridgehead atoms. The van der Waals surface area contributed by atoms with Crippen molar-refractivity contribution < 1.29 is 27.4 Å². The molecule has 1 amide bonds. The van der Waals surface area contributed by atoms with Gasteiger partial charge in [-0.1, -0.05) is 26.0 Å². The van der Waals surface area contributed by atoms with E-state index in [4.69, 9.17) is 9.47 Å². The maximum Gasteiger partial charge on any atom is 0.407 e. The number of benzene rings is 2. The quantitative estimate of drug-likeness (QED) is 0.652. The molecule has 6 rings (SSSR count). The van der Waals surface area contributed by atoms with Gasteiger partial charge in [-0.05, 0) is 55.6 Å². The smallest absolute Gasteiger partial charge is 0.407 e. The minimum atomic E-state index is -1.51. The number of hydrogen-bond acceptors (Lipinski definition) is 4. The first-order chi connectivity index (χ1) is 15.7. The maximum atomic E-state index is 14.3. The van der Waals surface area contributed by atoms with Crippen LogP contribution in [0.25, 0.3) is 11.1 Å². The molecule has 2 aromatic rings. The minimum absolute atomic E-state index is 0.0589. The van der Waals surface area contributed by atoms with Gasteiger partial charge in [0, 0.05) is 23.1 Å². The number of ether oxygens (including phenoxy) is 2. The second-order valence-corrected chi connectivity index (χ2v) is 9.91. The van der Waals surface area contributed by atoms with Gasteiger partial charge in [-0.15, -0.1) is 0 Å². The molecule has 0 aromatic heterocycles. The molecule has 2 atom stereocenters. The van der Waals surface area contributed by atoms with Crippen molar-refractivity contribution in [1.29, 1.82) is 0 Å². The van der Waals surface area contributed by atoms with Gasteiger partial charge < -0.3 is 14.8 Å². The van der Waals surface area contributed by atoms with Crippen LogP contribution in [-0.2, 0) is 4.74 Å². The van der Waals surface area contributed by atoms with E-state index in [1.54, 1.807) is 18.2 Å². The van der Waals surface area contributed by atoms with E-state index in [2.05, 4.69) is 10.2 Å². The lowest BCUT2D eigenvalue weighted by Gasteiger charge is -2.44. The van der Waals surface area contributed by atoms with E-state index in [1.807, 2.05) is 13.8 Å². The highest BCUT2D eigenvalue weighted by Gasteiger charge is 2.41. The number of amides is 1. The van der Waals surface area contributed by atoms with Gasteiger partial charge in [0.1, 0.15) is 11.9 Å². The monoisotopic (exact) mass is 460 g/mol. The molecule has 0 radical (unpaired) electrons. The summed E-state index contributed by atoms with van der Waals surface area (Å²) < 4.78 is 53.1. The number of nitrogens with zero attached hydrogens (tertiary/aromatic N) is 1. The lowest BCUT2D eigenvalue weighted by atomic mass is 9.78. The van der Waals surface area contributed by atoms with E-state index >= 15 is 0 Å². The zero-order chi connectivity index (χ0) is 23.3. The van der Waals surface area contributed by atoms with Gasteiger partial charge in [0.2, 0.25) is 0 Å². The van der Waals surface area contributed by atoms with Crippen LogP contribution in [0.4, 0.5) is 18.0 Å². The van der Waals surface area contributed by atoms with Gasteiger partial charge >= 0.3 is 6.09 Å². The number of hydrogen-bond donors (Lipinski definition) is 1. The van der Waals surface area contributed by atoms with Crippen LogP contribution >= 0.6 is 0 Å². The third-order valence-electron chi connectivity index (χ3n) is 7.17. The second-order valence-electron chi connectivity index (χ2n) is 9.91. The molecule has 33 heavy (non-hydrogen) atoms. The topological polar surface area (TPSA) is 50.8 Å². The fourth-order valence-electron chi connectivity index (χ4n) is 5.19. The Balaban J connectivity index is 1.38. The van der Waals surface area contributed by atoms with Gasteiger partial charge in [0.05, 0.1) is 12.6 Å². The van der Waals surface area contributed by atoms with Crippen molar-refractivity contribution >= 4 is 6.09 Å². The summed E-state index contributed by atoms with van der Waals surface area (Å²) in [6.07, 6.45) is 1.53. The van der Waals surface area contributed by atoms with Crippen molar-refractivity contribution in [3.05, 3.63) is 53.3 Å². The first-order valence-electron chi connectivity index (χ1n) is 11.3. The van der Waals surface area contributed by atoms with Crippen molar-refractivity contribution in [3.63, 3.8) is 0 Å². The zero-order valence-corrected chi connectivity index (χ0v) is 18.7. The Kier molecular flexibility index (Phi) is 5.51. The first kappa shape index (κ1) is 22.1. The van der Waals surface area contributed by atoms with Gasteiger partial charge in [-0.25, -0.2) is 18.0 Å². The molecular formula is C25H27F3N2O3. The number of halogens is 3.